The predicted octanol–water partition coefficient (Wildman–Crippen LogP) is 5.07. The van der Waals surface area contributed by atoms with E-state index >= 15 is 0 Å². The van der Waals surface area contributed by atoms with Crippen molar-refractivity contribution in [1.29, 1.82) is 0 Å². The van der Waals surface area contributed by atoms with Gasteiger partial charge in [-0.05, 0) is 48.4 Å². The third kappa shape index (κ3) is 4.70. The second kappa shape index (κ2) is 7.79. The van der Waals surface area contributed by atoms with Gasteiger partial charge in [0.25, 0.3) is 0 Å². The van der Waals surface area contributed by atoms with Gasteiger partial charge in [-0.25, -0.2) is 4.39 Å². The lowest BCUT2D eigenvalue weighted by Crippen LogP contribution is -2.23. The lowest BCUT2D eigenvalue weighted by molar-refractivity contribution is 0.562. The van der Waals surface area contributed by atoms with Crippen molar-refractivity contribution >= 4 is 23.2 Å². The minimum atomic E-state index is -0.252. The van der Waals surface area contributed by atoms with Gasteiger partial charge in [0.15, 0.2) is 0 Å². The normalized spacial score (nSPS) is 12.4. The second-order valence-electron chi connectivity index (χ2n) is 5.00. The average molecular weight is 326 g/mol. The van der Waals surface area contributed by atoms with Crippen LogP contribution >= 0.6 is 23.2 Å². The Bertz CT molecular complexity index is 584. The zero-order valence-electron chi connectivity index (χ0n) is 11.9. The van der Waals surface area contributed by atoms with Crippen LogP contribution in [-0.4, -0.2) is 13.1 Å². The molecule has 0 bridgehead atoms. The van der Waals surface area contributed by atoms with Gasteiger partial charge < -0.3 is 5.32 Å². The highest BCUT2D eigenvalue weighted by atomic mass is 35.5. The third-order valence-electron chi connectivity index (χ3n) is 3.46. The first-order chi connectivity index (χ1) is 10.1. The Morgan fingerprint density at radius 3 is 2.33 bits per heavy atom. The zero-order valence-corrected chi connectivity index (χ0v) is 13.4. The van der Waals surface area contributed by atoms with Crippen molar-refractivity contribution in [2.24, 2.45) is 0 Å². The number of rotatable bonds is 6. The molecule has 0 aliphatic rings. The quantitative estimate of drug-likeness (QED) is 0.782. The van der Waals surface area contributed by atoms with E-state index in [9.17, 15) is 4.39 Å². The van der Waals surface area contributed by atoms with E-state index in [4.69, 9.17) is 23.2 Å². The molecule has 4 heteroatoms. The van der Waals surface area contributed by atoms with E-state index in [2.05, 4.69) is 12.2 Å². The Morgan fingerprint density at radius 2 is 1.71 bits per heavy atom. The highest BCUT2D eigenvalue weighted by Gasteiger charge is 2.14. The minimum absolute atomic E-state index is 0.192. The standard InChI is InChI=1S/C17H18Cl2FN/c1-2-21-11-14(12-3-6-15(18)7-4-12)9-13-5-8-16(19)10-17(13)20/h3-8,10,14,21H,2,9,11H2,1H3. The van der Waals surface area contributed by atoms with E-state index in [1.165, 1.54) is 6.07 Å². The van der Waals surface area contributed by atoms with Gasteiger partial charge in [-0.1, -0.05) is 48.3 Å². The summed E-state index contributed by atoms with van der Waals surface area (Å²) in [4.78, 5) is 0. The lowest BCUT2D eigenvalue weighted by Gasteiger charge is -2.18. The summed E-state index contributed by atoms with van der Waals surface area (Å²) < 4.78 is 14.0. The van der Waals surface area contributed by atoms with Crippen LogP contribution in [-0.2, 0) is 6.42 Å². The largest absolute Gasteiger partial charge is 0.316 e. The molecule has 2 rings (SSSR count). The van der Waals surface area contributed by atoms with Gasteiger partial charge in [-0.3, -0.25) is 0 Å². The Kier molecular flexibility index (Phi) is 6.04. The van der Waals surface area contributed by atoms with Crippen LogP contribution in [0.2, 0.25) is 10.0 Å². The Labute approximate surface area is 135 Å². The molecule has 112 valence electrons. The first-order valence-corrected chi connectivity index (χ1v) is 7.76. The summed E-state index contributed by atoms with van der Waals surface area (Å²) in [6, 6.07) is 12.6. The number of likely N-dealkylation sites (N-methyl/N-ethyl adjacent to an activating group) is 1. The van der Waals surface area contributed by atoms with Gasteiger partial charge in [0, 0.05) is 22.5 Å². The highest BCUT2D eigenvalue weighted by molar-refractivity contribution is 6.30. The molecular weight excluding hydrogens is 308 g/mol. The topological polar surface area (TPSA) is 12.0 Å². The summed E-state index contributed by atoms with van der Waals surface area (Å²) in [6.45, 7) is 3.73. The molecule has 1 unspecified atom stereocenters. The van der Waals surface area contributed by atoms with Gasteiger partial charge in [0.2, 0.25) is 0 Å². The van der Waals surface area contributed by atoms with Crippen molar-refractivity contribution < 1.29 is 4.39 Å². The van der Waals surface area contributed by atoms with Crippen LogP contribution < -0.4 is 5.32 Å². The number of hydrogen-bond acceptors (Lipinski definition) is 1. The smallest absolute Gasteiger partial charge is 0.127 e. The maximum atomic E-state index is 14.0. The minimum Gasteiger partial charge on any atom is -0.316 e. The van der Waals surface area contributed by atoms with Crippen molar-refractivity contribution in [2.45, 2.75) is 19.3 Å². The SMILES string of the molecule is CCNCC(Cc1ccc(Cl)cc1F)c1ccc(Cl)cc1. The van der Waals surface area contributed by atoms with Crippen LogP contribution in [0.5, 0.6) is 0 Å². The number of nitrogens with one attached hydrogen (secondary N) is 1. The maximum absolute atomic E-state index is 14.0. The molecule has 0 aromatic heterocycles. The predicted molar refractivity (Wildman–Crippen MR) is 87.9 cm³/mol. The van der Waals surface area contributed by atoms with Crippen molar-refractivity contribution in [1.82, 2.24) is 5.32 Å². The molecule has 1 N–H and O–H groups in total. The van der Waals surface area contributed by atoms with Gasteiger partial charge in [0.05, 0.1) is 0 Å². The molecule has 2 aromatic rings. The molecule has 0 aliphatic heterocycles. The molecule has 2 aromatic carbocycles. The summed E-state index contributed by atoms with van der Waals surface area (Å²) in [5.41, 5.74) is 1.83. The van der Waals surface area contributed by atoms with Crippen molar-refractivity contribution in [3.63, 3.8) is 0 Å². The Morgan fingerprint density at radius 1 is 1.05 bits per heavy atom. The summed E-state index contributed by atoms with van der Waals surface area (Å²) in [6.07, 6.45) is 0.623. The van der Waals surface area contributed by atoms with Crippen LogP contribution in [0.25, 0.3) is 0 Å². The Balaban J connectivity index is 2.21. The first-order valence-electron chi connectivity index (χ1n) is 7.00. The molecule has 0 amide bonds. The molecule has 0 spiro atoms. The second-order valence-corrected chi connectivity index (χ2v) is 5.87. The van der Waals surface area contributed by atoms with Crippen molar-refractivity contribution in [2.75, 3.05) is 13.1 Å². The van der Waals surface area contributed by atoms with Crippen LogP contribution in [0.4, 0.5) is 4.39 Å². The number of benzene rings is 2. The number of hydrogen-bond donors (Lipinski definition) is 1. The molecule has 0 radical (unpaired) electrons. The maximum Gasteiger partial charge on any atom is 0.127 e. The monoisotopic (exact) mass is 325 g/mol. The number of halogens is 3. The van der Waals surface area contributed by atoms with Gasteiger partial charge in [-0.15, -0.1) is 0 Å². The molecule has 1 atom stereocenters. The fourth-order valence-corrected chi connectivity index (χ4v) is 2.60. The summed E-state index contributed by atoms with van der Waals surface area (Å²) in [7, 11) is 0. The van der Waals surface area contributed by atoms with Gasteiger partial charge >= 0.3 is 0 Å². The van der Waals surface area contributed by atoms with E-state index < -0.39 is 0 Å². The fourth-order valence-electron chi connectivity index (χ4n) is 2.31. The van der Waals surface area contributed by atoms with Crippen LogP contribution in [0.1, 0.15) is 24.0 Å². The van der Waals surface area contributed by atoms with Gasteiger partial charge in [0.1, 0.15) is 5.82 Å². The molecule has 0 fully saturated rings. The van der Waals surface area contributed by atoms with E-state index in [0.717, 1.165) is 18.7 Å². The summed E-state index contributed by atoms with van der Waals surface area (Å²) >= 11 is 11.7. The summed E-state index contributed by atoms with van der Waals surface area (Å²) in [5, 5.41) is 4.46. The molecule has 0 aliphatic carbocycles. The van der Waals surface area contributed by atoms with Crippen molar-refractivity contribution in [3.8, 4) is 0 Å². The van der Waals surface area contributed by atoms with E-state index in [1.54, 1.807) is 12.1 Å². The molecule has 1 nitrogen and oxygen atoms in total. The first kappa shape index (κ1) is 16.3. The fraction of sp³-hybridized carbons (Fsp3) is 0.294. The Hall–Kier alpha value is -1.09. The van der Waals surface area contributed by atoms with Crippen LogP contribution in [0.3, 0.4) is 0 Å². The van der Waals surface area contributed by atoms with Crippen LogP contribution in [0, 0.1) is 5.82 Å². The molecule has 0 saturated carbocycles. The van der Waals surface area contributed by atoms with Gasteiger partial charge in [-0.2, -0.15) is 0 Å². The summed E-state index contributed by atoms with van der Waals surface area (Å²) in [5.74, 6) is -0.0594. The molecule has 0 heterocycles. The third-order valence-corrected chi connectivity index (χ3v) is 3.95. The molecule has 21 heavy (non-hydrogen) atoms. The average Bonchev–Trinajstić information content (AvgIpc) is 2.46. The zero-order chi connectivity index (χ0) is 15.2. The van der Waals surface area contributed by atoms with E-state index in [1.807, 2.05) is 24.3 Å². The molecule has 0 saturated heterocycles. The van der Waals surface area contributed by atoms with E-state index in [-0.39, 0.29) is 11.7 Å². The van der Waals surface area contributed by atoms with E-state index in [0.29, 0.717) is 22.0 Å². The molecular formula is C17H18Cl2FN. The van der Waals surface area contributed by atoms with Crippen molar-refractivity contribution in [3.05, 3.63) is 69.5 Å². The lowest BCUT2D eigenvalue weighted by atomic mass is 9.91. The van der Waals surface area contributed by atoms with Crippen LogP contribution in [0.15, 0.2) is 42.5 Å². The highest BCUT2D eigenvalue weighted by Crippen LogP contribution is 2.25.